The van der Waals surface area contributed by atoms with Crippen LogP contribution in [0.25, 0.3) is 0 Å². The Labute approximate surface area is 32.3 Å². The lowest BCUT2D eigenvalue weighted by Crippen LogP contribution is -2.29. The summed E-state index contributed by atoms with van der Waals surface area (Å²) in [6.45, 7) is 5.40. The molecular weight excluding hydrogens is 64.0 g/mol. The second kappa shape index (κ2) is 2.18. The highest BCUT2D eigenvalue weighted by Crippen LogP contribution is 1.63. The first-order chi connectivity index (χ1) is 2.27. The van der Waals surface area contributed by atoms with Gasteiger partial charge in [-0.05, 0) is 13.8 Å². The van der Waals surface area contributed by atoms with Gasteiger partial charge < -0.3 is 0 Å². The Morgan fingerprint density at radius 3 is 2.20 bits per heavy atom. The normalized spacial score (nSPS) is 9.60. The van der Waals surface area contributed by atoms with Crippen molar-refractivity contribution in [3.8, 4) is 0 Å². The number of nitrogens with two attached hydrogens (primary N) is 1. The van der Waals surface area contributed by atoms with E-state index in [9.17, 15) is 0 Å². The zero-order valence-electron chi connectivity index (χ0n) is 3.36. The van der Waals surface area contributed by atoms with Crippen LogP contribution in [-0.2, 0) is 0 Å². The van der Waals surface area contributed by atoms with E-state index in [1.807, 2.05) is 6.92 Å². The van der Waals surface area contributed by atoms with Crippen LogP contribution < -0.4 is 11.3 Å². The third kappa shape index (κ3) is 3.92. The minimum absolute atomic E-state index is 0.162. The standard InChI is InChI=1S/C3H9N2/c1-3(2)5-4/h3,5H,1,4H2,2H3. The second-order valence-corrected chi connectivity index (χ2v) is 1.07. The third-order valence-electron chi connectivity index (χ3n) is 0.285. The van der Waals surface area contributed by atoms with Gasteiger partial charge in [0.15, 0.2) is 0 Å². The molecule has 0 bridgehead atoms. The second-order valence-electron chi connectivity index (χ2n) is 1.07. The number of hydrogen-bond donors (Lipinski definition) is 2. The highest BCUT2D eigenvalue weighted by atomic mass is 15.2. The summed E-state index contributed by atoms with van der Waals surface area (Å²) in [5.41, 5.74) is 2.42. The number of hydrogen-bond acceptors (Lipinski definition) is 2. The summed E-state index contributed by atoms with van der Waals surface area (Å²) in [7, 11) is 0. The van der Waals surface area contributed by atoms with Gasteiger partial charge in [-0.2, -0.15) is 0 Å². The molecule has 5 heavy (non-hydrogen) atoms. The van der Waals surface area contributed by atoms with Gasteiger partial charge in [0.25, 0.3) is 0 Å². The average molecular weight is 73.1 g/mol. The van der Waals surface area contributed by atoms with Gasteiger partial charge in [-0.3, -0.25) is 11.3 Å². The summed E-state index contributed by atoms with van der Waals surface area (Å²) < 4.78 is 0. The molecule has 2 nitrogen and oxygen atoms in total. The zero-order valence-corrected chi connectivity index (χ0v) is 3.36. The van der Waals surface area contributed by atoms with Crippen molar-refractivity contribution in [1.82, 2.24) is 5.43 Å². The maximum Gasteiger partial charge on any atom is 0.0182 e. The minimum atomic E-state index is 0.162. The van der Waals surface area contributed by atoms with Gasteiger partial charge in [0.1, 0.15) is 0 Å². The maximum atomic E-state index is 4.86. The van der Waals surface area contributed by atoms with Crippen LogP contribution in [-0.4, -0.2) is 6.04 Å². The summed E-state index contributed by atoms with van der Waals surface area (Å²) in [5.74, 6) is 4.86. The van der Waals surface area contributed by atoms with Crippen LogP contribution in [0.1, 0.15) is 6.92 Å². The van der Waals surface area contributed by atoms with Crippen LogP contribution in [0.2, 0.25) is 0 Å². The SMILES string of the molecule is [CH2]C(C)NN. The Hall–Kier alpha value is -0.0800. The van der Waals surface area contributed by atoms with E-state index in [0.717, 1.165) is 0 Å². The van der Waals surface area contributed by atoms with Crippen molar-refractivity contribution in [2.45, 2.75) is 13.0 Å². The maximum absolute atomic E-state index is 4.86. The van der Waals surface area contributed by atoms with Gasteiger partial charge in [-0.1, -0.05) is 0 Å². The van der Waals surface area contributed by atoms with Crippen molar-refractivity contribution >= 4 is 0 Å². The summed E-state index contributed by atoms with van der Waals surface area (Å²) >= 11 is 0. The molecule has 0 rings (SSSR count). The van der Waals surface area contributed by atoms with Gasteiger partial charge in [0, 0.05) is 6.04 Å². The molecule has 0 aromatic rings. The van der Waals surface area contributed by atoms with Gasteiger partial charge in [-0.15, -0.1) is 0 Å². The molecule has 0 heterocycles. The van der Waals surface area contributed by atoms with Crippen LogP contribution in [0.5, 0.6) is 0 Å². The monoisotopic (exact) mass is 73.1 g/mol. The van der Waals surface area contributed by atoms with Crippen LogP contribution >= 0.6 is 0 Å². The van der Waals surface area contributed by atoms with Gasteiger partial charge in [-0.25, -0.2) is 0 Å². The van der Waals surface area contributed by atoms with E-state index in [1.54, 1.807) is 0 Å². The molecule has 3 N–H and O–H groups in total. The molecule has 0 saturated heterocycles. The Bertz CT molecular complexity index is 18.9. The first-order valence-corrected chi connectivity index (χ1v) is 1.56. The van der Waals surface area contributed by atoms with Gasteiger partial charge >= 0.3 is 0 Å². The van der Waals surface area contributed by atoms with Crippen LogP contribution in [0, 0.1) is 6.92 Å². The smallest absolute Gasteiger partial charge is 0.0182 e. The highest BCUT2D eigenvalue weighted by Gasteiger charge is 1.77. The fourth-order valence-corrected chi connectivity index (χ4v) is 0. The van der Waals surface area contributed by atoms with Crippen LogP contribution in [0.15, 0.2) is 0 Å². The Balaban J connectivity index is 2.54. The van der Waals surface area contributed by atoms with E-state index in [0.29, 0.717) is 0 Å². The largest absolute Gasteiger partial charge is 0.271 e. The summed E-state index contributed by atoms with van der Waals surface area (Å²) in [4.78, 5) is 0. The Morgan fingerprint density at radius 2 is 2.20 bits per heavy atom. The van der Waals surface area contributed by atoms with Crippen molar-refractivity contribution in [1.29, 1.82) is 0 Å². The highest BCUT2D eigenvalue weighted by molar-refractivity contribution is 4.53. The molecule has 1 unspecified atom stereocenters. The van der Waals surface area contributed by atoms with E-state index in [1.165, 1.54) is 0 Å². The van der Waals surface area contributed by atoms with E-state index in [4.69, 9.17) is 5.84 Å². The van der Waals surface area contributed by atoms with Gasteiger partial charge in [0.2, 0.25) is 0 Å². The summed E-state index contributed by atoms with van der Waals surface area (Å²) in [5, 5.41) is 0. The zero-order chi connectivity index (χ0) is 4.28. The lowest BCUT2D eigenvalue weighted by molar-refractivity contribution is 0.666. The molecule has 0 aliphatic rings. The number of nitrogens with one attached hydrogen (secondary N) is 1. The van der Waals surface area contributed by atoms with Crippen molar-refractivity contribution in [2.75, 3.05) is 0 Å². The molecule has 0 aromatic carbocycles. The first kappa shape index (κ1) is 4.92. The summed E-state index contributed by atoms with van der Waals surface area (Å²) in [6, 6.07) is 0.162. The average Bonchev–Trinajstić information content (AvgIpc) is 1.38. The number of rotatable bonds is 1. The number of hydrazine groups is 1. The van der Waals surface area contributed by atoms with Crippen LogP contribution in [0.3, 0.4) is 0 Å². The minimum Gasteiger partial charge on any atom is -0.271 e. The molecule has 2 heteroatoms. The van der Waals surface area contributed by atoms with E-state index >= 15 is 0 Å². The Kier molecular flexibility index (Phi) is 2.14. The topological polar surface area (TPSA) is 38.0 Å². The molecule has 31 valence electrons. The van der Waals surface area contributed by atoms with E-state index in [-0.39, 0.29) is 6.04 Å². The lowest BCUT2D eigenvalue weighted by Gasteiger charge is -1.95. The molecule has 0 fully saturated rings. The third-order valence-corrected chi connectivity index (χ3v) is 0.285. The molecule has 0 spiro atoms. The van der Waals surface area contributed by atoms with Crippen molar-refractivity contribution < 1.29 is 0 Å². The predicted octanol–water partition coefficient (Wildman–Crippen LogP) is -0.328. The summed E-state index contributed by atoms with van der Waals surface area (Å²) in [6.07, 6.45) is 0. The Morgan fingerprint density at radius 1 is 2.00 bits per heavy atom. The fourth-order valence-electron chi connectivity index (χ4n) is 0. The predicted molar refractivity (Wildman–Crippen MR) is 22.1 cm³/mol. The van der Waals surface area contributed by atoms with Crippen molar-refractivity contribution in [3.63, 3.8) is 0 Å². The fraction of sp³-hybridized carbons (Fsp3) is 0.667. The molecule has 0 amide bonds. The van der Waals surface area contributed by atoms with E-state index in [2.05, 4.69) is 12.3 Å². The lowest BCUT2D eigenvalue weighted by atomic mass is 10.4. The van der Waals surface area contributed by atoms with E-state index < -0.39 is 0 Å². The molecule has 1 radical (unpaired) electrons. The molecule has 0 aliphatic carbocycles. The molecule has 0 aliphatic heterocycles. The molecule has 0 aromatic heterocycles. The van der Waals surface area contributed by atoms with Crippen LogP contribution in [0.4, 0.5) is 0 Å². The molecule has 0 saturated carbocycles. The quantitative estimate of drug-likeness (QED) is 0.329. The first-order valence-electron chi connectivity index (χ1n) is 1.56. The van der Waals surface area contributed by atoms with Crippen molar-refractivity contribution in [3.05, 3.63) is 6.92 Å². The molecule has 1 atom stereocenters. The molecular formula is C3H9N2. The van der Waals surface area contributed by atoms with Gasteiger partial charge in [0.05, 0.1) is 0 Å². The van der Waals surface area contributed by atoms with Crippen molar-refractivity contribution in [2.24, 2.45) is 5.84 Å².